The van der Waals surface area contributed by atoms with Crippen molar-refractivity contribution >= 4 is 35.5 Å². The summed E-state index contributed by atoms with van der Waals surface area (Å²) in [5.74, 6) is -1.82. The minimum Gasteiger partial charge on any atom is -0.481 e. The first-order valence-corrected chi connectivity index (χ1v) is 6.76. The summed E-state index contributed by atoms with van der Waals surface area (Å²) in [6.45, 7) is 1.91. The van der Waals surface area contributed by atoms with Gasteiger partial charge in [-0.3, -0.25) is 9.59 Å². The van der Waals surface area contributed by atoms with E-state index >= 15 is 0 Å². The van der Waals surface area contributed by atoms with Crippen LogP contribution in [0.25, 0.3) is 0 Å². The van der Waals surface area contributed by atoms with E-state index in [0.29, 0.717) is 0 Å². The van der Waals surface area contributed by atoms with E-state index in [9.17, 15) is 9.59 Å². The number of aliphatic carboxylic acids is 2. The van der Waals surface area contributed by atoms with E-state index in [1.165, 1.54) is 23.5 Å². The number of carboxylic acid groups (broad SMARTS) is 2. The van der Waals surface area contributed by atoms with Crippen molar-refractivity contribution in [3.05, 3.63) is 23.8 Å². The SMILES string of the molecule is Cc1ccc(SCC(=O)O)c(SCC(=O)O)c1. The van der Waals surface area contributed by atoms with E-state index in [2.05, 4.69) is 0 Å². The molecule has 0 aliphatic carbocycles. The number of hydrogen-bond donors (Lipinski definition) is 2. The number of rotatable bonds is 6. The highest BCUT2D eigenvalue weighted by molar-refractivity contribution is 8.03. The van der Waals surface area contributed by atoms with Crippen LogP contribution in [0.1, 0.15) is 5.56 Å². The number of hydrogen-bond acceptors (Lipinski definition) is 4. The quantitative estimate of drug-likeness (QED) is 0.774. The molecule has 0 saturated carbocycles. The molecular weight excluding hydrogens is 260 g/mol. The fourth-order valence-electron chi connectivity index (χ4n) is 1.13. The molecular formula is C11H12O4S2. The Morgan fingerprint density at radius 3 is 2.12 bits per heavy atom. The second-order valence-corrected chi connectivity index (χ2v) is 5.35. The first-order valence-electron chi connectivity index (χ1n) is 4.79. The van der Waals surface area contributed by atoms with E-state index in [1.54, 1.807) is 0 Å². The lowest BCUT2D eigenvalue weighted by Crippen LogP contribution is -2.00. The average molecular weight is 272 g/mol. The highest BCUT2D eigenvalue weighted by Crippen LogP contribution is 2.31. The third-order valence-corrected chi connectivity index (χ3v) is 4.03. The molecule has 17 heavy (non-hydrogen) atoms. The van der Waals surface area contributed by atoms with Gasteiger partial charge < -0.3 is 10.2 Å². The van der Waals surface area contributed by atoms with Crippen molar-refractivity contribution in [2.24, 2.45) is 0 Å². The Balaban J connectivity index is 2.79. The predicted molar refractivity (Wildman–Crippen MR) is 67.9 cm³/mol. The zero-order valence-corrected chi connectivity index (χ0v) is 10.8. The lowest BCUT2D eigenvalue weighted by molar-refractivity contribution is -0.135. The van der Waals surface area contributed by atoms with Crippen LogP contribution in [-0.4, -0.2) is 33.7 Å². The fraction of sp³-hybridized carbons (Fsp3) is 0.273. The molecule has 1 aromatic rings. The van der Waals surface area contributed by atoms with Crippen LogP contribution in [0.2, 0.25) is 0 Å². The van der Waals surface area contributed by atoms with E-state index in [4.69, 9.17) is 10.2 Å². The van der Waals surface area contributed by atoms with Gasteiger partial charge in [-0.15, -0.1) is 23.5 Å². The summed E-state index contributed by atoms with van der Waals surface area (Å²) in [5.41, 5.74) is 1.03. The molecule has 0 amide bonds. The molecule has 6 heteroatoms. The van der Waals surface area contributed by atoms with Gasteiger partial charge in [0.25, 0.3) is 0 Å². The van der Waals surface area contributed by atoms with E-state index in [0.717, 1.165) is 15.4 Å². The predicted octanol–water partition coefficient (Wildman–Crippen LogP) is 2.35. The molecule has 1 rings (SSSR count). The maximum Gasteiger partial charge on any atom is 0.313 e. The van der Waals surface area contributed by atoms with Crippen LogP contribution in [0.4, 0.5) is 0 Å². The number of carboxylic acids is 2. The van der Waals surface area contributed by atoms with Crippen molar-refractivity contribution in [2.45, 2.75) is 16.7 Å². The van der Waals surface area contributed by atoms with Crippen molar-refractivity contribution in [3.8, 4) is 0 Å². The maximum atomic E-state index is 10.5. The topological polar surface area (TPSA) is 74.6 Å². The van der Waals surface area contributed by atoms with Crippen LogP contribution in [0.5, 0.6) is 0 Å². The lowest BCUT2D eigenvalue weighted by atomic mass is 10.2. The van der Waals surface area contributed by atoms with Gasteiger partial charge >= 0.3 is 11.9 Å². The molecule has 92 valence electrons. The largest absolute Gasteiger partial charge is 0.481 e. The van der Waals surface area contributed by atoms with Gasteiger partial charge in [0.15, 0.2) is 0 Å². The monoisotopic (exact) mass is 272 g/mol. The summed E-state index contributed by atoms with van der Waals surface area (Å²) >= 11 is 2.41. The van der Waals surface area contributed by atoms with E-state index < -0.39 is 11.9 Å². The third-order valence-electron chi connectivity index (χ3n) is 1.80. The molecule has 2 N–H and O–H groups in total. The van der Waals surface area contributed by atoms with Gasteiger partial charge in [-0.05, 0) is 24.6 Å². The average Bonchev–Trinajstić information content (AvgIpc) is 2.24. The van der Waals surface area contributed by atoms with Crippen molar-refractivity contribution in [2.75, 3.05) is 11.5 Å². The summed E-state index contributed by atoms with van der Waals surface area (Å²) in [7, 11) is 0. The van der Waals surface area contributed by atoms with Crippen molar-refractivity contribution in [1.29, 1.82) is 0 Å². The highest BCUT2D eigenvalue weighted by atomic mass is 32.2. The van der Waals surface area contributed by atoms with Crippen LogP contribution < -0.4 is 0 Å². The molecule has 0 atom stereocenters. The Hall–Kier alpha value is -1.14. The second kappa shape index (κ2) is 6.56. The molecule has 0 aliphatic rings. The minimum atomic E-state index is -0.884. The van der Waals surface area contributed by atoms with E-state index in [1.807, 2.05) is 25.1 Å². The lowest BCUT2D eigenvalue weighted by Gasteiger charge is -2.07. The normalized spacial score (nSPS) is 10.2. The number of thioether (sulfide) groups is 2. The van der Waals surface area contributed by atoms with Gasteiger partial charge in [0.05, 0.1) is 11.5 Å². The van der Waals surface area contributed by atoms with Gasteiger partial charge in [-0.2, -0.15) is 0 Å². The van der Waals surface area contributed by atoms with Gasteiger partial charge in [-0.1, -0.05) is 6.07 Å². The van der Waals surface area contributed by atoms with Gasteiger partial charge in [0, 0.05) is 9.79 Å². The molecule has 0 unspecified atom stereocenters. The molecule has 0 bridgehead atoms. The summed E-state index contributed by atoms with van der Waals surface area (Å²) in [4.78, 5) is 22.6. The summed E-state index contributed by atoms with van der Waals surface area (Å²) in [6, 6.07) is 5.58. The Kier molecular flexibility index (Phi) is 5.37. The van der Waals surface area contributed by atoms with Crippen LogP contribution in [0, 0.1) is 6.92 Å². The molecule has 0 heterocycles. The van der Waals surface area contributed by atoms with Gasteiger partial charge in [0.2, 0.25) is 0 Å². The Bertz CT molecular complexity index is 431. The third kappa shape index (κ3) is 5.14. The number of aryl methyl sites for hydroxylation is 1. The summed E-state index contributed by atoms with van der Waals surface area (Å²) in [5, 5.41) is 17.2. The zero-order valence-electron chi connectivity index (χ0n) is 9.17. The molecule has 0 saturated heterocycles. The van der Waals surface area contributed by atoms with Crippen LogP contribution in [0.15, 0.2) is 28.0 Å². The Labute approximate surface area is 107 Å². The van der Waals surface area contributed by atoms with Crippen LogP contribution in [-0.2, 0) is 9.59 Å². The number of carbonyl (C=O) groups is 2. The van der Waals surface area contributed by atoms with Crippen molar-refractivity contribution in [3.63, 3.8) is 0 Å². The Morgan fingerprint density at radius 2 is 1.59 bits per heavy atom. The highest BCUT2D eigenvalue weighted by Gasteiger charge is 2.08. The summed E-state index contributed by atoms with van der Waals surface area (Å²) in [6.07, 6.45) is 0. The fourth-order valence-corrected chi connectivity index (χ4v) is 2.88. The molecule has 0 aromatic heterocycles. The first-order chi connectivity index (χ1) is 7.99. The maximum absolute atomic E-state index is 10.5. The molecule has 0 spiro atoms. The van der Waals surface area contributed by atoms with Crippen LogP contribution >= 0.6 is 23.5 Å². The smallest absolute Gasteiger partial charge is 0.313 e. The van der Waals surface area contributed by atoms with Crippen LogP contribution in [0.3, 0.4) is 0 Å². The molecule has 0 aliphatic heterocycles. The van der Waals surface area contributed by atoms with Crippen molar-refractivity contribution < 1.29 is 19.8 Å². The first kappa shape index (κ1) is 13.9. The molecule has 1 aromatic carbocycles. The second-order valence-electron chi connectivity index (χ2n) is 3.32. The number of benzene rings is 1. The van der Waals surface area contributed by atoms with Gasteiger partial charge in [-0.25, -0.2) is 0 Å². The Morgan fingerprint density at radius 1 is 1.06 bits per heavy atom. The molecule has 4 nitrogen and oxygen atoms in total. The van der Waals surface area contributed by atoms with Gasteiger partial charge in [0.1, 0.15) is 0 Å². The minimum absolute atomic E-state index is 0.0237. The molecule has 0 radical (unpaired) electrons. The summed E-state index contributed by atoms with van der Waals surface area (Å²) < 4.78 is 0. The zero-order chi connectivity index (χ0) is 12.8. The van der Waals surface area contributed by atoms with E-state index in [-0.39, 0.29) is 11.5 Å². The molecule has 0 fully saturated rings. The van der Waals surface area contributed by atoms with Crippen molar-refractivity contribution in [1.82, 2.24) is 0 Å². The standard InChI is InChI=1S/C11H12O4S2/c1-7-2-3-8(16-5-10(12)13)9(4-7)17-6-11(14)15/h2-4H,5-6H2,1H3,(H,12,13)(H,14,15).